The number of hydrogen-bond donors (Lipinski definition) is 1. The molecule has 7 heteroatoms. The summed E-state index contributed by atoms with van der Waals surface area (Å²) in [5.41, 5.74) is 3.40. The van der Waals surface area contributed by atoms with E-state index in [-0.39, 0.29) is 12.4 Å². The predicted molar refractivity (Wildman–Crippen MR) is 107 cm³/mol. The number of likely N-dealkylation sites (tertiary alicyclic amines) is 1. The van der Waals surface area contributed by atoms with E-state index < -0.39 is 0 Å². The zero-order valence-corrected chi connectivity index (χ0v) is 16.2. The molecule has 1 N–H and O–H groups in total. The molecule has 1 aromatic heterocycles. The molecule has 1 saturated heterocycles. The van der Waals surface area contributed by atoms with Gasteiger partial charge in [-0.3, -0.25) is 4.79 Å². The number of ether oxygens (including phenoxy) is 2. The second kappa shape index (κ2) is 7.78. The minimum Gasteiger partial charge on any atom is -0.454 e. The van der Waals surface area contributed by atoms with Gasteiger partial charge < -0.3 is 19.4 Å². The molecule has 0 radical (unpaired) electrons. The molecule has 6 nitrogen and oxygen atoms in total. The first-order valence-corrected chi connectivity index (χ1v) is 10.1. The molecule has 0 unspecified atom stereocenters. The van der Waals surface area contributed by atoms with Crippen LogP contribution in [0.4, 0.5) is 0 Å². The lowest BCUT2D eigenvalue weighted by atomic mass is 10.1. The summed E-state index contributed by atoms with van der Waals surface area (Å²) in [7, 11) is 0. The van der Waals surface area contributed by atoms with Crippen LogP contribution < -0.4 is 15.0 Å². The van der Waals surface area contributed by atoms with Crippen LogP contribution in [0.1, 0.15) is 18.4 Å². The highest BCUT2D eigenvalue weighted by Crippen LogP contribution is 2.36. The highest BCUT2D eigenvalue weighted by atomic mass is 32.2. The maximum atomic E-state index is 12.4. The average molecular weight is 385 g/mol. The second-order valence-electron chi connectivity index (χ2n) is 6.85. The number of aromatic nitrogens is 2. The number of H-pyrrole nitrogens is 1. The Hall–Kier alpha value is -2.25. The maximum absolute atomic E-state index is 12.4. The Bertz CT molecular complexity index is 915. The molecule has 0 aliphatic carbocycles. The minimum absolute atomic E-state index is 0.102. The van der Waals surface area contributed by atoms with E-state index in [0.717, 1.165) is 49.5 Å². The van der Waals surface area contributed by atoms with Gasteiger partial charge in [0.2, 0.25) is 6.79 Å². The van der Waals surface area contributed by atoms with Gasteiger partial charge in [-0.25, -0.2) is 4.98 Å². The van der Waals surface area contributed by atoms with Crippen molar-refractivity contribution >= 4 is 11.8 Å². The van der Waals surface area contributed by atoms with Crippen LogP contribution in [0.15, 0.2) is 40.3 Å². The number of nitrogens with one attached hydrogen (secondary N) is 1. The lowest BCUT2D eigenvalue weighted by Gasteiger charge is -2.27. The molecule has 1 fully saturated rings. The van der Waals surface area contributed by atoms with Crippen LogP contribution in [-0.4, -0.2) is 47.0 Å². The zero-order chi connectivity index (χ0) is 18.8. The van der Waals surface area contributed by atoms with E-state index in [9.17, 15) is 4.79 Å². The van der Waals surface area contributed by atoms with E-state index >= 15 is 0 Å². The van der Waals surface area contributed by atoms with Gasteiger partial charge in [0.25, 0.3) is 5.56 Å². The lowest BCUT2D eigenvalue weighted by Crippen LogP contribution is -2.32. The number of fused-ring (bicyclic) bond motifs is 1. The average Bonchev–Trinajstić information content (AvgIpc) is 3.14. The topological polar surface area (TPSA) is 67.5 Å². The lowest BCUT2D eigenvalue weighted by molar-refractivity contribution is 0.174. The number of rotatable bonds is 5. The van der Waals surface area contributed by atoms with Crippen LogP contribution in [0, 0.1) is 6.92 Å². The molecular weight excluding hydrogens is 362 g/mol. The third-order valence-corrected chi connectivity index (χ3v) is 5.84. The summed E-state index contributed by atoms with van der Waals surface area (Å²) in [5, 5.41) is 0.652. The Morgan fingerprint density at radius 3 is 2.85 bits per heavy atom. The van der Waals surface area contributed by atoms with E-state index in [1.54, 1.807) is 18.7 Å². The number of benzene rings is 1. The van der Waals surface area contributed by atoms with Crippen molar-refractivity contribution in [3.8, 4) is 22.8 Å². The molecule has 2 aliphatic rings. The normalized spacial score (nSPS) is 16.7. The summed E-state index contributed by atoms with van der Waals surface area (Å²) < 4.78 is 10.8. The van der Waals surface area contributed by atoms with Crippen molar-refractivity contribution in [2.75, 3.05) is 32.2 Å². The number of aromatic amines is 1. The van der Waals surface area contributed by atoms with Crippen LogP contribution in [0.5, 0.6) is 11.5 Å². The van der Waals surface area contributed by atoms with Crippen molar-refractivity contribution in [2.45, 2.75) is 24.9 Å². The van der Waals surface area contributed by atoms with Crippen LogP contribution in [0.25, 0.3) is 11.3 Å². The summed E-state index contributed by atoms with van der Waals surface area (Å²) >= 11 is 1.59. The van der Waals surface area contributed by atoms with E-state index in [0.29, 0.717) is 22.2 Å². The second-order valence-corrected chi connectivity index (χ2v) is 7.94. The van der Waals surface area contributed by atoms with Crippen molar-refractivity contribution in [2.24, 2.45) is 0 Å². The van der Waals surface area contributed by atoms with Crippen molar-refractivity contribution in [3.05, 3.63) is 46.3 Å². The highest BCUT2D eigenvalue weighted by molar-refractivity contribution is 7.99. The number of piperidine rings is 1. The summed E-state index contributed by atoms with van der Waals surface area (Å²) in [5.74, 6) is 2.30. The van der Waals surface area contributed by atoms with Crippen molar-refractivity contribution in [1.29, 1.82) is 0 Å². The Labute approximate surface area is 162 Å². The monoisotopic (exact) mass is 385 g/mol. The molecule has 3 heterocycles. The molecule has 27 heavy (non-hydrogen) atoms. The smallest absolute Gasteiger partial charge is 0.255 e. The molecule has 1 aromatic carbocycles. The van der Waals surface area contributed by atoms with E-state index in [4.69, 9.17) is 14.5 Å². The number of thioether (sulfide) groups is 1. The standard InChI is InChI=1S/C20H23N3O3S/c1-13-5-7-23(8-6-13)9-10-27-20-21-18(14(2)19(24)22-20)15-3-4-16-17(11-15)26-12-25-16/h3-4,11H,1,5-10,12H2,2H3,(H,21,22,24). The van der Waals surface area contributed by atoms with E-state index in [1.165, 1.54) is 5.57 Å². The summed E-state index contributed by atoms with van der Waals surface area (Å²) in [4.78, 5) is 22.4. The Morgan fingerprint density at radius 2 is 2.04 bits per heavy atom. The third-order valence-electron chi connectivity index (χ3n) is 4.99. The van der Waals surface area contributed by atoms with Crippen LogP contribution in [0.2, 0.25) is 0 Å². The van der Waals surface area contributed by atoms with Gasteiger partial charge in [0.05, 0.1) is 5.69 Å². The van der Waals surface area contributed by atoms with Crippen molar-refractivity contribution in [1.82, 2.24) is 14.9 Å². The molecule has 4 rings (SSSR count). The largest absolute Gasteiger partial charge is 0.454 e. The molecule has 2 aromatic rings. The van der Waals surface area contributed by atoms with Gasteiger partial charge in [0, 0.05) is 36.5 Å². The van der Waals surface area contributed by atoms with Crippen molar-refractivity contribution in [3.63, 3.8) is 0 Å². The minimum atomic E-state index is -0.102. The van der Waals surface area contributed by atoms with Gasteiger partial charge in [-0.15, -0.1) is 0 Å². The number of hydrogen-bond acceptors (Lipinski definition) is 6. The van der Waals surface area contributed by atoms with Crippen LogP contribution in [-0.2, 0) is 0 Å². The fraction of sp³-hybridized carbons (Fsp3) is 0.400. The fourth-order valence-electron chi connectivity index (χ4n) is 3.27. The van der Waals surface area contributed by atoms with Crippen LogP contribution in [0.3, 0.4) is 0 Å². The first-order valence-electron chi connectivity index (χ1n) is 9.13. The van der Waals surface area contributed by atoms with Crippen LogP contribution >= 0.6 is 11.8 Å². The van der Waals surface area contributed by atoms with Gasteiger partial charge in [0.1, 0.15) is 0 Å². The van der Waals surface area contributed by atoms with Gasteiger partial charge in [-0.2, -0.15) is 0 Å². The zero-order valence-electron chi connectivity index (χ0n) is 15.4. The molecule has 0 bridgehead atoms. The first kappa shape index (κ1) is 18.1. The van der Waals surface area contributed by atoms with Gasteiger partial charge >= 0.3 is 0 Å². The Balaban J connectivity index is 1.48. The van der Waals surface area contributed by atoms with E-state index in [1.807, 2.05) is 18.2 Å². The number of nitrogens with zero attached hydrogens (tertiary/aromatic N) is 2. The molecular formula is C20H23N3O3S. The summed E-state index contributed by atoms with van der Waals surface area (Å²) in [6.45, 7) is 9.20. The van der Waals surface area contributed by atoms with Crippen molar-refractivity contribution < 1.29 is 9.47 Å². The van der Waals surface area contributed by atoms with E-state index in [2.05, 4.69) is 16.5 Å². The molecule has 2 aliphatic heterocycles. The highest BCUT2D eigenvalue weighted by Gasteiger charge is 2.17. The van der Waals surface area contributed by atoms with Gasteiger partial charge in [0.15, 0.2) is 16.7 Å². The van der Waals surface area contributed by atoms with Gasteiger partial charge in [-0.1, -0.05) is 23.9 Å². The molecule has 0 saturated carbocycles. The Morgan fingerprint density at radius 1 is 1.26 bits per heavy atom. The fourth-order valence-corrected chi connectivity index (χ4v) is 4.13. The molecule has 0 atom stereocenters. The summed E-state index contributed by atoms with van der Waals surface area (Å²) in [6, 6.07) is 5.65. The summed E-state index contributed by atoms with van der Waals surface area (Å²) in [6.07, 6.45) is 2.16. The van der Waals surface area contributed by atoms with Gasteiger partial charge in [-0.05, 0) is 38.0 Å². The quantitative estimate of drug-likeness (QED) is 0.484. The Kier molecular flexibility index (Phi) is 5.22. The SMILES string of the molecule is C=C1CCN(CCSc2nc(-c3ccc4c(c3)OCO4)c(C)c(=O)[nH]2)CC1. The predicted octanol–water partition coefficient (Wildman–Crippen LogP) is 3.22. The maximum Gasteiger partial charge on any atom is 0.255 e. The molecule has 0 spiro atoms. The molecule has 142 valence electrons. The molecule has 0 amide bonds. The first-order chi connectivity index (χ1) is 13.1. The third kappa shape index (κ3) is 4.04.